The highest BCUT2D eigenvalue weighted by molar-refractivity contribution is 5.57. The fourth-order valence-electron chi connectivity index (χ4n) is 1.76. The van der Waals surface area contributed by atoms with E-state index in [0.29, 0.717) is 0 Å². The fraction of sp³-hybridized carbons (Fsp3) is 0.538. The first-order valence-corrected chi connectivity index (χ1v) is 5.82. The van der Waals surface area contributed by atoms with Gasteiger partial charge in [0.05, 0.1) is 0 Å². The van der Waals surface area contributed by atoms with Gasteiger partial charge >= 0.3 is 0 Å². The summed E-state index contributed by atoms with van der Waals surface area (Å²) < 4.78 is 0. The number of para-hydroxylation sites is 1. The molecule has 0 bridgehead atoms. The molecule has 0 fully saturated rings. The van der Waals surface area contributed by atoms with Crippen molar-refractivity contribution in [3.63, 3.8) is 0 Å². The summed E-state index contributed by atoms with van der Waals surface area (Å²) in [5.41, 5.74) is 9.52. The van der Waals surface area contributed by atoms with Crippen molar-refractivity contribution < 1.29 is 0 Å². The lowest BCUT2D eigenvalue weighted by Gasteiger charge is -2.13. The quantitative estimate of drug-likeness (QED) is 0.702. The minimum Gasteiger partial charge on any atom is -0.385 e. The Labute approximate surface area is 92.9 Å². The van der Waals surface area contributed by atoms with E-state index < -0.39 is 0 Å². The zero-order valence-electron chi connectivity index (χ0n) is 9.84. The molecule has 1 aromatic carbocycles. The molecule has 2 heteroatoms. The van der Waals surface area contributed by atoms with Crippen molar-refractivity contribution in [1.82, 2.24) is 0 Å². The van der Waals surface area contributed by atoms with E-state index in [1.807, 2.05) is 0 Å². The number of hydrogen-bond acceptors (Lipinski definition) is 2. The average Bonchev–Trinajstić information content (AvgIpc) is 2.26. The first-order chi connectivity index (χ1) is 7.29. The number of nitrogens with one attached hydrogen (secondary N) is 1. The Hall–Kier alpha value is -1.02. The summed E-state index contributed by atoms with van der Waals surface area (Å²) in [5, 5.41) is 3.51. The predicted octanol–water partition coefficient (Wildman–Crippen LogP) is 2.71. The van der Waals surface area contributed by atoms with Crippen LogP contribution in [0, 0.1) is 6.92 Å². The summed E-state index contributed by atoms with van der Waals surface area (Å²) in [6.07, 6.45) is 3.33. The van der Waals surface area contributed by atoms with Crippen LogP contribution >= 0.6 is 0 Å². The average molecular weight is 206 g/mol. The molecular weight excluding hydrogens is 184 g/mol. The van der Waals surface area contributed by atoms with Crippen molar-refractivity contribution in [3.05, 3.63) is 29.3 Å². The summed E-state index contributed by atoms with van der Waals surface area (Å²) in [7, 11) is 0. The molecule has 0 aliphatic rings. The predicted molar refractivity (Wildman–Crippen MR) is 67.3 cm³/mol. The van der Waals surface area contributed by atoms with Gasteiger partial charge in [-0.15, -0.1) is 0 Å². The van der Waals surface area contributed by atoms with E-state index in [-0.39, 0.29) is 0 Å². The molecule has 0 atom stereocenters. The molecule has 1 rings (SSSR count). The highest BCUT2D eigenvalue weighted by Gasteiger charge is 2.02. The third kappa shape index (κ3) is 3.56. The molecule has 1 aromatic rings. The molecule has 0 radical (unpaired) electrons. The zero-order valence-corrected chi connectivity index (χ0v) is 9.84. The standard InChI is InChI=1S/C13H22N2/c1-3-12-8-6-7-11(2)13(12)15-10-5-4-9-14/h6-8,15H,3-5,9-10,14H2,1-2H3. The van der Waals surface area contributed by atoms with Crippen LogP contribution < -0.4 is 11.1 Å². The molecule has 0 spiro atoms. The van der Waals surface area contributed by atoms with Gasteiger partial charge in [0.1, 0.15) is 0 Å². The number of benzene rings is 1. The smallest absolute Gasteiger partial charge is 0.0402 e. The topological polar surface area (TPSA) is 38.0 Å². The Morgan fingerprint density at radius 2 is 2.07 bits per heavy atom. The van der Waals surface area contributed by atoms with E-state index >= 15 is 0 Å². The summed E-state index contributed by atoms with van der Waals surface area (Å²) >= 11 is 0. The van der Waals surface area contributed by atoms with Gasteiger partial charge in [0.15, 0.2) is 0 Å². The van der Waals surface area contributed by atoms with Gasteiger partial charge < -0.3 is 11.1 Å². The lowest BCUT2D eigenvalue weighted by Crippen LogP contribution is -2.08. The van der Waals surface area contributed by atoms with E-state index in [1.54, 1.807) is 0 Å². The van der Waals surface area contributed by atoms with Crippen molar-refractivity contribution >= 4 is 5.69 Å². The van der Waals surface area contributed by atoms with Crippen molar-refractivity contribution in [2.45, 2.75) is 33.1 Å². The third-order valence-electron chi connectivity index (χ3n) is 2.67. The number of unbranched alkanes of at least 4 members (excludes halogenated alkanes) is 1. The Balaban J connectivity index is 2.58. The van der Waals surface area contributed by atoms with Crippen molar-refractivity contribution in [1.29, 1.82) is 0 Å². The maximum Gasteiger partial charge on any atom is 0.0402 e. The van der Waals surface area contributed by atoms with Gasteiger partial charge in [0, 0.05) is 12.2 Å². The Morgan fingerprint density at radius 3 is 2.73 bits per heavy atom. The van der Waals surface area contributed by atoms with Crippen LogP contribution in [0.5, 0.6) is 0 Å². The molecule has 0 aliphatic carbocycles. The van der Waals surface area contributed by atoms with E-state index in [0.717, 1.165) is 32.4 Å². The van der Waals surface area contributed by atoms with Crippen molar-refractivity contribution in [2.75, 3.05) is 18.4 Å². The number of aryl methyl sites for hydroxylation is 2. The van der Waals surface area contributed by atoms with Crippen LogP contribution in [0.15, 0.2) is 18.2 Å². The number of anilines is 1. The fourth-order valence-corrected chi connectivity index (χ4v) is 1.76. The van der Waals surface area contributed by atoms with Gasteiger partial charge in [0.2, 0.25) is 0 Å². The molecular formula is C13H22N2. The largest absolute Gasteiger partial charge is 0.385 e. The van der Waals surface area contributed by atoms with Crippen LogP contribution in [0.3, 0.4) is 0 Å². The van der Waals surface area contributed by atoms with Gasteiger partial charge in [-0.1, -0.05) is 25.1 Å². The number of nitrogens with two attached hydrogens (primary N) is 1. The van der Waals surface area contributed by atoms with Gasteiger partial charge in [-0.3, -0.25) is 0 Å². The summed E-state index contributed by atoms with van der Waals surface area (Å²) in [4.78, 5) is 0. The van der Waals surface area contributed by atoms with Crippen LogP contribution in [0.1, 0.15) is 30.9 Å². The van der Waals surface area contributed by atoms with E-state index in [9.17, 15) is 0 Å². The van der Waals surface area contributed by atoms with Gasteiger partial charge in [-0.2, -0.15) is 0 Å². The molecule has 0 saturated carbocycles. The highest BCUT2D eigenvalue weighted by Crippen LogP contribution is 2.20. The van der Waals surface area contributed by atoms with Crippen LogP contribution in [-0.4, -0.2) is 13.1 Å². The van der Waals surface area contributed by atoms with Crippen LogP contribution in [0.2, 0.25) is 0 Å². The lowest BCUT2D eigenvalue weighted by molar-refractivity contribution is 0.773. The molecule has 0 aromatic heterocycles. The Morgan fingerprint density at radius 1 is 1.27 bits per heavy atom. The van der Waals surface area contributed by atoms with Crippen LogP contribution in [0.4, 0.5) is 5.69 Å². The van der Waals surface area contributed by atoms with Crippen molar-refractivity contribution in [3.8, 4) is 0 Å². The molecule has 2 nitrogen and oxygen atoms in total. The second kappa shape index (κ2) is 6.46. The number of rotatable bonds is 6. The normalized spacial score (nSPS) is 10.3. The molecule has 84 valence electrons. The molecule has 0 amide bonds. The SMILES string of the molecule is CCc1cccc(C)c1NCCCCN. The zero-order chi connectivity index (χ0) is 11.1. The first-order valence-electron chi connectivity index (χ1n) is 5.82. The van der Waals surface area contributed by atoms with E-state index in [1.165, 1.54) is 16.8 Å². The highest BCUT2D eigenvalue weighted by atomic mass is 14.9. The molecule has 15 heavy (non-hydrogen) atoms. The van der Waals surface area contributed by atoms with E-state index in [4.69, 9.17) is 5.73 Å². The molecule has 0 heterocycles. The maximum absolute atomic E-state index is 5.47. The van der Waals surface area contributed by atoms with E-state index in [2.05, 4.69) is 37.4 Å². The summed E-state index contributed by atoms with van der Waals surface area (Å²) in [5.74, 6) is 0. The molecule has 0 aliphatic heterocycles. The second-order valence-electron chi connectivity index (χ2n) is 3.89. The minimum absolute atomic E-state index is 0.788. The summed E-state index contributed by atoms with van der Waals surface area (Å²) in [6.45, 7) is 6.16. The molecule has 0 unspecified atom stereocenters. The van der Waals surface area contributed by atoms with Gasteiger partial charge in [-0.05, 0) is 43.9 Å². The number of hydrogen-bond donors (Lipinski definition) is 2. The lowest BCUT2D eigenvalue weighted by atomic mass is 10.1. The molecule has 3 N–H and O–H groups in total. The summed E-state index contributed by atoms with van der Waals surface area (Å²) in [6, 6.07) is 6.47. The van der Waals surface area contributed by atoms with Crippen molar-refractivity contribution in [2.24, 2.45) is 5.73 Å². The van der Waals surface area contributed by atoms with Gasteiger partial charge in [0.25, 0.3) is 0 Å². The Bertz CT molecular complexity index is 295. The monoisotopic (exact) mass is 206 g/mol. The molecule has 0 saturated heterocycles. The van der Waals surface area contributed by atoms with Crippen LogP contribution in [0.25, 0.3) is 0 Å². The second-order valence-corrected chi connectivity index (χ2v) is 3.89. The first kappa shape index (κ1) is 12.1. The Kier molecular flexibility index (Phi) is 5.19. The minimum atomic E-state index is 0.788. The maximum atomic E-state index is 5.47. The van der Waals surface area contributed by atoms with Crippen LogP contribution in [-0.2, 0) is 6.42 Å². The van der Waals surface area contributed by atoms with Gasteiger partial charge in [-0.25, -0.2) is 0 Å². The third-order valence-corrected chi connectivity index (χ3v) is 2.67.